The van der Waals surface area contributed by atoms with Gasteiger partial charge in [-0.2, -0.15) is 9.61 Å². The van der Waals surface area contributed by atoms with E-state index in [2.05, 4.69) is 36.2 Å². The van der Waals surface area contributed by atoms with E-state index in [0.29, 0.717) is 15.8 Å². The molecular weight excluding hydrogens is 444 g/mol. The topological polar surface area (TPSA) is 106 Å². The van der Waals surface area contributed by atoms with E-state index in [1.165, 1.54) is 21.9 Å². The number of anilines is 1. The molecule has 0 amide bonds. The maximum atomic E-state index is 12.6. The zero-order valence-electron chi connectivity index (χ0n) is 15.0. The monoisotopic (exact) mass is 462 g/mol. The van der Waals surface area contributed by atoms with Gasteiger partial charge in [0.1, 0.15) is 10.8 Å². The van der Waals surface area contributed by atoms with Gasteiger partial charge in [-0.05, 0) is 21.5 Å². The number of benzene rings is 1. The summed E-state index contributed by atoms with van der Waals surface area (Å²) in [6, 6.07) is 7.18. The van der Waals surface area contributed by atoms with Crippen LogP contribution in [0.1, 0.15) is 5.56 Å². The standard InChI is InChI=1S/C18H19BrN6O2S/c19-16-11(8-12(26)10-20)2-1-3-13(16)17-23-25-15(27)9-14(22-18(25)28-17)24-6-4-21-5-7-24/h1-3,9,21H,4-8,10,20H2. The van der Waals surface area contributed by atoms with Crippen molar-refractivity contribution in [3.05, 3.63) is 44.7 Å². The number of hydrogen-bond donors (Lipinski definition) is 2. The molecule has 3 N–H and O–H groups in total. The third kappa shape index (κ3) is 3.72. The molecule has 3 heterocycles. The van der Waals surface area contributed by atoms with Crippen LogP contribution in [-0.4, -0.2) is 53.1 Å². The first-order chi connectivity index (χ1) is 13.6. The molecule has 2 aromatic heterocycles. The highest BCUT2D eigenvalue weighted by Gasteiger charge is 2.18. The van der Waals surface area contributed by atoms with E-state index in [0.717, 1.165) is 41.8 Å². The van der Waals surface area contributed by atoms with E-state index in [1.54, 1.807) is 0 Å². The molecule has 28 heavy (non-hydrogen) atoms. The van der Waals surface area contributed by atoms with Crippen LogP contribution in [0.4, 0.5) is 5.82 Å². The number of nitrogens with two attached hydrogens (primary N) is 1. The van der Waals surface area contributed by atoms with Gasteiger partial charge in [-0.3, -0.25) is 9.59 Å². The Kier molecular flexibility index (Phi) is 5.54. The molecule has 0 aliphatic carbocycles. The summed E-state index contributed by atoms with van der Waals surface area (Å²) in [6.07, 6.45) is 0.251. The first-order valence-electron chi connectivity index (χ1n) is 8.93. The summed E-state index contributed by atoms with van der Waals surface area (Å²) in [5.74, 6) is 0.642. The first kappa shape index (κ1) is 19.2. The van der Waals surface area contributed by atoms with Crippen molar-refractivity contribution in [3.63, 3.8) is 0 Å². The van der Waals surface area contributed by atoms with E-state index in [1.807, 2.05) is 18.2 Å². The molecule has 10 heteroatoms. The summed E-state index contributed by atoms with van der Waals surface area (Å²) < 4.78 is 2.11. The number of aromatic nitrogens is 3. The molecule has 8 nitrogen and oxygen atoms in total. The highest BCUT2D eigenvalue weighted by atomic mass is 79.9. The number of piperazine rings is 1. The average Bonchev–Trinajstić information content (AvgIpc) is 3.14. The number of carbonyl (C=O) groups excluding carboxylic acids is 1. The van der Waals surface area contributed by atoms with Crippen molar-refractivity contribution in [1.29, 1.82) is 0 Å². The zero-order chi connectivity index (χ0) is 19.7. The molecule has 0 bridgehead atoms. The number of fused-ring (bicyclic) bond motifs is 1. The molecule has 146 valence electrons. The lowest BCUT2D eigenvalue weighted by molar-refractivity contribution is -0.117. The number of ketones is 1. The van der Waals surface area contributed by atoms with Gasteiger partial charge in [-0.15, -0.1) is 0 Å². The Labute approximate surface area is 173 Å². The summed E-state index contributed by atoms with van der Waals surface area (Å²) in [6.45, 7) is 3.38. The normalized spacial score (nSPS) is 14.6. The van der Waals surface area contributed by atoms with E-state index in [9.17, 15) is 9.59 Å². The van der Waals surface area contributed by atoms with E-state index in [4.69, 9.17) is 5.73 Å². The van der Waals surface area contributed by atoms with Crippen LogP contribution in [0.15, 0.2) is 33.5 Å². The number of Topliss-reactive ketones (excluding diaryl/α,β-unsaturated/α-hetero) is 1. The fourth-order valence-corrected chi connectivity index (χ4v) is 4.79. The predicted octanol–water partition coefficient (Wildman–Crippen LogP) is 1.06. The summed E-state index contributed by atoms with van der Waals surface area (Å²) in [4.78, 5) is 31.6. The Morgan fingerprint density at radius 1 is 1.32 bits per heavy atom. The van der Waals surface area contributed by atoms with Crippen molar-refractivity contribution in [2.45, 2.75) is 6.42 Å². The Morgan fingerprint density at radius 2 is 2.11 bits per heavy atom. The molecule has 1 saturated heterocycles. The van der Waals surface area contributed by atoms with Crippen LogP contribution in [0.5, 0.6) is 0 Å². The third-order valence-corrected chi connectivity index (χ3v) is 6.48. The number of nitrogens with one attached hydrogen (secondary N) is 1. The Bertz CT molecular complexity index is 1090. The Balaban J connectivity index is 1.74. The minimum atomic E-state index is -0.202. The molecule has 0 unspecified atom stereocenters. The second-order valence-corrected chi connectivity index (χ2v) is 8.24. The van der Waals surface area contributed by atoms with E-state index < -0.39 is 0 Å². The van der Waals surface area contributed by atoms with Crippen LogP contribution in [0.25, 0.3) is 15.5 Å². The quantitative estimate of drug-likeness (QED) is 0.583. The number of rotatable bonds is 5. The van der Waals surface area contributed by atoms with Crippen molar-refractivity contribution >= 4 is 43.8 Å². The van der Waals surface area contributed by atoms with Gasteiger partial charge in [-0.25, -0.2) is 4.98 Å². The number of hydrogen-bond acceptors (Lipinski definition) is 8. The lowest BCUT2D eigenvalue weighted by atomic mass is 10.1. The average molecular weight is 463 g/mol. The van der Waals surface area contributed by atoms with Gasteiger partial charge >= 0.3 is 0 Å². The minimum absolute atomic E-state index is 0.00587. The molecule has 0 spiro atoms. The summed E-state index contributed by atoms with van der Waals surface area (Å²) in [5, 5.41) is 8.41. The number of halogens is 1. The van der Waals surface area contributed by atoms with Crippen LogP contribution in [-0.2, 0) is 11.2 Å². The van der Waals surface area contributed by atoms with Gasteiger partial charge in [0.2, 0.25) is 4.96 Å². The van der Waals surface area contributed by atoms with Gasteiger partial charge in [-0.1, -0.05) is 29.5 Å². The molecule has 0 radical (unpaired) electrons. The number of carbonyl (C=O) groups is 1. The Hall–Kier alpha value is -2.14. The predicted molar refractivity (Wildman–Crippen MR) is 113 cm³/mol. The summed E-state index contributed by atoms with van der Waals surface area (Å²) in [5.41, 5.74) is 6.89. The molecule has 0 atom stereocenters. The lowest BCUT2D eigenvalue weighted by Gasteiger charge is -2.27. The fraction of sp³-hybridized carbons (Fsp3) is 0.333. The van der Waals surface area contributed by atoms with Crippen molar-refractivity contribution in [2.75, 3.05) is 37.6 Å². The van der Waals surface area contributed by atoms with Crippen LogP contribution in [0.2, 0.25) is 0 Å². The first-order valence-corrected chi connectivity index (χ1v) is 10.5. The smallest absolute Gasteiger partial charge is 0.277 e. The zero-order valence-corrected chi connectivity index (χ0v) is 17.4. The SMILES string of the molecule is NCC(=O)Cc1cccc(-c2nn3c(=O)cc(N4CCNCC4)nc3s2)c1Br. The molecule has 1 aromatic carbocycles. The van der Waals surface area contributed by atoms with Crippen LogP contribution in [0, 0.1) is 0 Å². The highest BCUT2D eigenvalue weighted by Crippen LogP contribution is 2.34. The third-order valence-electron chi connectivity index (χ3n) is 4.60. The molecule has 1 aliphatic heterocycles. The summed E-state index contributed by atoms with van der Waals surface area (Å²) >= 11 is 4.93. The van der Waals surface area contributed by atoms with Gasteiger partial charge < -0.3 is 16.0 Å². The minimum Gasteiger partial charge on any atom is -0.354 e. The lowest BCUT2D eigenvalue weighted by Crippen LogP contribution is -2.44. The van der Waals surface area contributed by atoms with Gasteiger partial charge in [0.05, 0.1) is 6.54 Å². The fourth-order valence-electron chi connectivity index (χ4n) is 3.13. The highest BCUT2D eigenvalue weighted by molar-refractivity contribution is 9.10. The molecule has 1 aliphatic rings. The van der Waals surface area contributed by atoms with Gasteiger partial charge in [0, 0.05) is 48.7 Å². The van der Waals surface area contributed by atoms with Gasteiger partial charge in [0.15, 0.2) is 5.78 Å². The number of nitrogens with zero attached hydrogens (tertiary/aromatic N) is 4. The van der Waals surface area contributed by atoms with Crippen molar-refractivity contribution in [1.82, 2.24) is 19.9 Å². The van der Waals surface area contributed by atoms with Crippen molar-refractivity contribution in [3.8, 4) is 10.6 Å². The molecule has 4 rings (SSSR count). The summed E-state index contributed by atoms with van der Waals surface area (Å²) in [7, 11) is 0. The van der Waals surface area contributed by atoms with E-state index >= 15 is 0 Å². The second-order valence-electron chi connectivity index (χ2n) is 6.49. The molecular formula is C18H19BrN6O2S. The largest absolute Gasteiger partial charge is 0.354 e. The van der Waals surface area contributed by atoms with Crippen LogP contribution < -0.4 is 21.5 Å². The van der Waals surface area contributed by atoms with E-state index in [-0.39, 0.29) is 24.3 Å². The van der Waals surface area contributed by atoms with Crippen LogP contribution in [0.3, 0.4) is 0 Å². The maximum Gasteiger partial charge on any atom is 0.277 e. The molecule has 0 saturated carbocycles. The van der Waals surface area contributed by atoms with Crippen molar-refractivity contribution < 1.29 is 4.79 Å². The molecule has 1 fully saturated rings. The maximum absolute atomic E-state index is 12.6. The van der Waals surface area contributed by atoms with Crippen LogP contribution >= 0.6 is 27.3 Å². The molecule has 3 aromatic rings. The van der Waals surface area contributed by atoms with Gasteiger partial charge in [0.25, 0.3) is 5.56 Å². The second kappa shape index (κ2) is 8.08. The Morgan fingerprint density at radius 3 is 2.86 bits per heavy atom. The van der Waals surface area contributed by atoms with Crippen molar-refractivity contribution in [2.24, 2.45) is 5.73 Å².